The lowest BCUT2D eigenvalue weighted by molar-refractivity contribution is 0.102. The number of nitrogens with one attached hydrogen (secondary N) is 1. The van der Waals surface area contributed by atoms with Crippen LogP contribution in [0.1, 0.15) is 15.9 Å². The molecular weight excluding hydrogens is 475 g/mol. The van der Waals surface area contributed by atoms with E-state index < -0.39 is 21.6 Å². The van der Waals surface area contributed by atoms with Crippen molar-refractivity contribution in [1.29, 1.82) is 0 Å². The maximum absolute atomic E-state index is 14.1. The van der Waals surface area contributed by atoms with Crippen LogP contribution in [0.5, 0.6) is 0 Å². The fraction of sp³-hybridized carbons (Fsp3) is 0.0769. The highest BCUT2D eigenvalue weighted by atomic mass is 35.5. The third-order valence-electron chi connectivity index (χ3n) is 5.18. The first-order valence-electron chi connectivity index (χ1n) is 10.3. The second-order valence-electron chi connectivity index (χ2n) is 7.86. The molecule has 0 aliphatic rings. The van der Waals surface area contributed by atoms with Crippen LogP contribution in [0.3, 0.4) is 0 Å². The van der Waals surface area contributed by atoms with Gasteiger partial charge in [0.2, 0.25) is 0 Å². The summed E-state index contributed by atoms with van der Waals surface area (Å²) in [7, 11) is -3.54. The molecule has 1 aromatic heterocycles. The van der Waals surface area contributed by atoms with Crippen molar-refractivity contribution in [2.24, 2.45) is 0 Å². The summed E-state index contributed by atoms with van der Waals surface area (Å²) in [5.41, 5.74) is 3.32. The average molecular weight is 495 g/mol. The van der Waals surface area contributed by atoms with Gasteiger partial charge in [-0.3, -0.25) is 9.78 Å². The molecule has 1 amide bonds. The molecule has 0 fully saturated rings. The summed E-state index contributed by atoms with van der Waals surface area (Å²) in [6.45, 7) is 1.72. The average Bonchev–Trinajstić information content (AvgIpc) is 2.79. The van der Waals surface area contributed by atoms with Crippen LogP contribution in [-0.4, -0.2) is 25.6 Å². The predicted molar refractivity (Wildman–Crippen MR) is 132 cm³/mol. The van der Waals surface area contributed by atoms with Crippen LogP contribution >= 0.6 is 11.6 Å². The van der Waals surface area contributed by atoms with Gasteiger partial charge in [0, 0.05) is 29.3 Å². The molecule has 0 spiro atoms. The van der Waals surface area contributed by atoms with Gasteiger partial charge in [-0.1, -0.05) is 23.7 Å². The van der Waals surface area contributed by atoms with E-state index in [0.29, 0.717) is 38.7 Å². The number of hydrogen-bond donors (Lipinski definition) is 1. The van der Waals surface area contributed by atoms with Gasteiger partial charge < -0.3 is 5.32 Å². The Morgan fingerprint density at radius 2 is 1.76 bits per heavy atom. The molecule has 4 rings (SSSR count). The van der Waals surface area contributed by atoms with E-state index in [4.69, 9.17) is 11.6 Å². The number of carbonyl (C=O) groups excluding carboxylic acids is 1. The van der Waals surface area contributed by atoms with Gasteiger partial charge in [0.1, 0.15) is 5.82 Å². The number of pyridine rings is 1. The van der Waals surface area contributed by atoms with Crippen molar-refractivity contribution >= 4 is 33.0 Å². The molecule has 0 saturated heterocycles. The smallest absolute Gasteiger partial charge is 0.256 e. The largest absolute Gasteiger partial charge is 0.322 e. The molecule has 3 aromatic carbocycles. The second kappa shape index (κ2) is 9.37. The van der Waals surface area contributed by atoms with E-state index in [1.807, 2.05) is 6.07 Å². The number of anilines is 1. The summed E-state index contributed by atoms with van der Waals surface area (Å²) in [5, 5.41) is 3.30. The molecule has 0 unspecified atom stereocenters. The highest BCUT2D eigenvalue weighted by molar-refractivity contribution is 7.90. The number of sulfone groups is 1. The van der Waals surface area contributed by atoms with Crippen molar-refractivity contribution in [2.45, 2.75) is 11.8 Å². The quantitative estimate of drug-likeness (QED) is 0.360. The molecule has 0 aliphatic carbocycles. The Hall–Kier alpha value is -3.55. The minimum atomic E-state index is -3.54. The highest BCUT2D eigenvalue weighted by Crippen LogP contribution is 2.32. The predicted octanol–water partition coefficient (Wildman–Crippen LogP) is 6.17. The fourth-order valence-electron chi connectivity index (χ4n) is 3.60. The van der Waals surface area contributed by atoms with E-state index in [0.717, 1.165) is 6.26 Å². The Kier molecular flexibility index (Phi) is 6.50. The third kappa shape index (κ3) is 5.16. The number of nitrogens with zero attached hydrogens (tertiary/aromatic N) is 1. The zero-order valence-electron chi connectivity index (χ0n) is 18.3. The molecule has 4 aromatic rings. The molecule has 8 heteroatoms. The number of halogens is 2. The summed E-state index contributed by atoms with van der Waals surface area (Å²) < 4.78 is 38.4. The Morgan fingerprint density at radius 3 is 2.44 bits per heavy atom. The summed E-state index contributed by atoms with van der Waals surface area (Å²) in [6.07, 6.45) is 2.73. The van der Waals surface area contributed by atoms with Crippen molar-refractivity contribution in [3.05, 3.63) is 101 Å². The molecule has 1 N–H and O–H groups in total. The number of hydrogen-bond acceptors (Lipinski definition) is 4. The Balaban J connectivity index is 1.77. The maximum atomic E-state index is 14.1. The van der Waals surface area contributed by atoms with Gasteiger partial charge in [0.05, 0.1) is 15.6 Å². The van der Waals surface area contributed by atoms with E-state index >= 15 is 0 Å². The van der Waals surface area contributed by atoms with E-state index in [-0.39, 0.29) is 10.5 Å². The monoisotopic (exact) mass is 494 g/mol. The third-order valence-corrected chi connectivity index (χ3v) is 6.62. The molecule has 5 nitrogen and oxygen atoms in total. The van der Waals surface area contributed by atoms with Gasteiger partial charge in [0.15, 0.2) is 9.84 Å². The molecular formula is C26H20ClFN2O3S. The zero-order valence-corrected chi connectivity index (χ0v) is 19.9. The minimum absolute atomic E-state index is 0.0323. The van der Waals surface area contributed by atoms with Crippen LogP contribution in [0.4, 0.5) is 10.1 Å². The van der Waals surface area contributed by atoms with Crippen LogP contribution in [0, 0.1) is 12.7 Å². The molecule has 0 saturated carbocycles. The molecule has 172 valence electrons. The molecule has 0 atom stereocenters. The van der Waals surface area contributed by atoms with Crippen LogP contribution in [-0.2, 0) is 9.84 Å². The van der Waals surface area contributed by atoms with Crippen molar-refractivity contribution in [1.82, 2.24) is 4.98 Å². The SMILES string of the molecule is Cc1cc(F)cc(-c2cc(S(C)(=O)=O)ccc2C(=O)Nc2ccc(Cl)c(-c3ccccn3)c2)c1. The van der Waals surface area contributed by atoms with Crippen LogP contribution < -0.4 is 5.32 Å². The van der Waals surface area contributed by atoms with E-state index in [9.17, 15) is 17.6 Å². The van der Waals surface area contributed by atoms with Gasteiger partial charge in [-0.15, -0.1) is 0 Å². The van der Waals surface area contributed by atoms with Crippen molar-refractivity contribution in [3.8, 4) is 22.4 Å². The van der Waals surface area contributed by atoms with Gasteiger partial charge in [-0.2, -0.15) is 0 Å². The molecule has 1 heterocycles. The topological polar surface area (TPSA) is 76.1 Å². The lowest BCUT2D eigenvalue weighted by atomic mass is 9.97. The first-order valence-corrected chi connectivity index (χ1v) is 12.5. The number of amides is 1. The molecule has 0 aliphatic heterocycles. The second-order valence-corrected chi connectivity index (χ2v) is 10.3. The van der Waals surface area contributed by atoms with Crippen LogP contribution in [0.2, 0.25) is 5.02 Å². The van der Waals surface area contributed by atoms with Crippen LogP contribution in [0.15, 0.2) is 83.9 Å². The van der Waals surface area contributed by atoms with E-state index in [1.54, 1.807) is 49.5 Å². The van der Waals surface area contributed by atoms with Gasteiger partial charge in [-0.25, -0.2) is 12.8 Å². The first-order chi connectivity index (χ1) is 16.1. The van der Waals surface area contributed by atoms with Gasteiger partial charge >= 0.3 is 0 Å². The number of aromatic nitrogens is 1. The molecule has 0 radical (unpaired) electrons. The molecule has 34 heavy (non-hydrogen) atoms. The van der Waals surface area contributed by atoms with Crippen molar-refractivity contribution in [2.75, 3.05) is 11.6 Å². The lowest BCUT2D eigenvalue weighted by Gasteiger charge is -2.14. The maximum Gasteiger partial charge on any atom is 0.256 e. The summed E-state index contributed by atoms with van der Waals surface area (Å²) in [5.74, 6) is -0.963. The standard InChI is InChI=1S/C26H20ClFN2O3S/c1-16-11-17(13-18(28)12-16)22-15-20(34(2,32)33)7-8-21(22)26(31)30-19-6-9-24(27)23(14-19)25-5-3-4-10-29-25/h3-15H,1-2H3,(H,30,31). The Morgan fingerprint density at radius 1 is 0.971 bits per heavy atom. The summed E-state index contributed by atoms with van der Waals surface area (Å²) in [6, 6.07) is 19.0. The van der Waals surface area contributed by atoms with Gasteiger partial charge in [-0.05, 0) is 84.3 Å². The van der Waals surface area contributed by atoms with Crippen molar-refractivity contribution in [3.63, 3.8) is 0 Å². The van der Waals surface area contributed by atoms with E-state index in [2.05, 4.69) is 10.3 Å². The number of rotatable bonds is 5. The normalized spacial score (nSPS) is 11.3. The minimum Gasteiger partial charge on any atom is -0.322 e. The number of aryl methyl sites for hydroxylation is 1. The fourth-order valence-corrected chi connectivity index (χ4v) is 4.46. The zero-order chi connectivity index (χ0) is 24.5. The molecule has 0 bridgehead atoms. The lowest BCUT2D eigenvalue weighted by Crippen LogP contribution is -2.14. The summed E-state index contributed by atoms with van der Waals surface area (Å²) in [4.78, 5) is 17.6. The number of benzene rings is 3. The summed E-state index contributed by atoms with van der Waals surface area (Å²) >= 11 is 6.33. The van der Waals surface area contributed by atoms with Crippen molar-refractivity contribution < 1.29 is 17.6 Å². The number of carbonyl (C=O) groups is 1. The van der Waals surface area contributed by atoms with Gasteiger partial charge in [0.25, 0.3) is 5.91 Å². The Bertz CT molecular complexity index is 1490. The Labute approximate surface area is 202 Å². The highest BCUT2D eigenvalue weighted by Gasteiger charge is 2.18. The van der Waals surface area contributed by atoms with E-state index in [1.165, 1.54) is 30.3 Å². The van der Waals surface area contributed by atoms with Crippen LogP contribution in [0.25, 0.3) is 22.4 Å². The first kappa shape index (κ1) is 23.6.